The van der Waals surface area contributed by atoms with E-state index in [0.717, 1.165) is 16.8 Å². The van der Waals surface area contributed by atoms with Crippen LogP contribution < -0.4 is 15.4 Å². The second kappa shape index (κ2) is 9.06. The van der Waals surface area contributed by atoms with Crippen molar-refractivity contribution < 1.29 is 14.3 Å². The quantitative estimate of drug-likeness (QED) is 0.609. The van der Waals surface area contributed by atoms with E-state index in [9.17, 15) is 9.59 Å². The zero-order chi connectivity index (χ0) is 20.8. The van der Waals surface area contributed by atoms with Crippen molar-refractivity contribution in [2.75, 3.05) is 17.2 Å². The van der Waals surface area contributed by atoms with E-state index in [1.165, 1.54) is 0 Å². The minimum Gasteiger partial charge on any atom is -0.492 e. The summed E-state index contributed by atoms with van der Waals surface area (Å²) in [5.41, 5.74) is 4.40. The third-order valence-corrected chi connectivity index (χ3v) is 4.49. The van der Waals surface area contributed by atoms with Crippen LogP contribution in [0.3, 0.4) is 0 Å². The van der Waals surface area contributed by atoms with Gasteiger partial charge in [-0.1, -0.05) is 24.3 Å². The molecule has 0 atom stereocenters. The molecule has 0 aromatic heterocycles. The topological polar surface area (TPSA) is 67.4 Å². The fraction of sp³-hybridized carbons (Fsp3) is 0.167. The van der Waals surface area contributed by atoms with E-state index in [4.69, 9.17) is 4.74 Å². The smallest absolute Gasteiger partial charge is 0.255 e. The van der Waals surface area contributed by atoms with Crippen LogP contribution in [0.2, 0.25) is 0 Å². The van der Waals surface area contributed by atoms with E-state index < -0.39 is 0 Å². The first kappa shape index (κ1) is 20.1. The van der Waals surface area contributed by atoms with Gasteiger partial charge in [0.25, 0.3) is 11.8 Å². The van der Waals surface area contributed by atoms with E-state index in [-0.39, 0.29) is 11.8 Å². The normalized spacial score (nSPS) is 10.3. The van der Waals surface area contributed by atoms with Crippen LogP contribution in [-0.4, -0.2) is 18.4 Å². The minimum atomic E-state index is -0.265. The number of hydrogen-bond acceptors (Lipinski definition) is 3. The lowest BCUT2D eigenvalue weighted by molar-refractivity contribution is 0.101. The maximum Gasteiger partial charge on any atom is 0.255 e. The summed E-state index contributed by atoms with van der Waals surface area (Å²) in [7, 11) is 0. The number of nitrogens with one attached hydrogen (secondary N) is 2. The van der Waals surface area contributed by atoms with Gasteiger partial charge in [0.1, 0.15) is 5.75 Å². The highest BCUT2D eigenvalue weighted by atomic mass is 16.5. The predicted octanol–water partition coefficient (Wildman–Crippen LogP) is 5.21. The number of carbonyl (C=O) groups is 2. The lowest BCUT2D eigenvalue weighted by atomic mass is 10.1. The first-order valence-electron chi connectivity index (χ1n) is 9.49. The van der Waals surface area contributed by atoms with E-state index in [1.807, 2.05) is 51.1 Å². The van der Waals surface area contributed by atoms with Gasteiger partial charge in [-0.3, -0.25) is 9.59 Å². The number of carbonyl (C=O) groups excluding carboxylic acids is 2. The van der Waals surface area contributed by atoms with Crippen molar-refractivity contribution in [1.29, 1.82) is 0 Å². The first-order chi connectivity index (χ1) is 14.0. The SMILES string of the molecule is CCOc1ccccc1NC(=O)c1ccc(C(=O)Nc2cc(C)ccc2C)cc1. The maximum atomic E-state index is 12.6. The highest BCUT2D eigenvalue weighted by Crippen LogP contribution is 2.24. The molecule has 0 aliphatic carbocycles. The predicted molar refractivity (Wildman–Crippen MR) is 116 cm³/mol. The van der Waals surface area contributed by atoms with Crippen LogP contribution in [0.15, 0.2) is 66.7 Å². The summed E-state index contributed by atoms with van der Waals surface area (Å²) in [6, 6.07) is 19.7. The molecule has 0 saturated carbocycles. The fourth-order valence-electron chi connectivity index (χ4n) is 2.88. The second-order valence-electron chi connectivity index (χ2n) is 6.73. The van der Waals surface area contributed by atoms with Gasteiger partial charge >= 0.3 is 0 Å². The third-order valence-electron chi connectivity index (χ3n) is 4.49. The van der Waals surface area contributed by atoms with Crippen molar-refractivity contribution >= 4 is 23.2 Å². The molecule has 5 heteroatoms. The summed E-state index contributed by atoms with van der Waals surface area (Å²) in [6.45, 7) is 6.33. The average Bonchev–Trinajstić information content (AvgIpc) is 2.72. The molecule has 148 valence electrons. The Balaban J connectivity index is 1.70. The van der Waals surface area contributed by atoms with Gasteiger partial charge in [0.05, 0.1) is 12.3 Å². The molecule has 0 bridgehead atoms. The molecule has 3 rings (SSSR count). The molecule has 0 heterocycles. The molecular formula is C24H24N2O3. The number of anilines is 2. The van der Waals surface area contributed by atoms with Crippen molar-refractivity contribution in [3.63, 3.8) is 0 Å². The Hall–Kier alpha value is -3.60. The van der Waals surface area contributed by atoms with Crippen LogP contribution in [0.5, 0.6) is 5.75 Å². The molecule has 2 amide bonds. The second-order valence-corrected chi connectivity index (χ2v) is 6.73. The van der Waals surface area contributed by atoms with Crippen molar-refractivity contribution in [1.82, 2.24) is 0 Å². The standard InChI is InChI=1S/C24H24N2O3/c1-4-29-22-8-6-5-7-20(22)25-23(27)18-11-13-19(14-12-18)24(28)26-21-15-16(2)9-10-17(21)3/h5-15H,4H2,1-3H3,(H,25,27)(H,26,28). The van der Waals surface area contributed by atoms with Crippen LogP contribution in [0.25, 0.3) is 0 Å². The van der Waals surface area contributed by atoms with Crippen LogP contribution in [0.4, 0.5) is 11.4 Å². The highest BCUT2D eigenvalue weighted by molar-refractivity contribution is 6.07. The van der Waals surface area contributed by atoms with Gasteiger partial charge in [0, 0.05) is 16.8 Å². The Morgan fingerprint density at radius 2 is 1.38 bits per heavy atom. The maximum absolute atomic E-state index is 12.6. The zero-order valence-electron chi connectivity index (χ0n) is 16.8. The molecule has 3 aromatic rings. The van der Waals surface area contributed by atoms with Crippen molar-refractivity contribution in [3.05, 3.63) is 89.0 Å². The Morgan fingerprint density at radius 3 is 2.00 bits per heavy atom. The van der Waals surface area contributed by atoms with Crippen LogP contribution >= 0.6 is 0 Å². The van der Waals surface area contributed by atoms with Crippen molar-refractivity contribution in [2.24, 2.45) is 0 Å². The van der Waals surface area contributed by atoms with E-state index in [0.29, 0.717) is 29.2 Å². The molecule has 0 fully saturated rings. The van der Waals surface area contributed by atoms with Gasteiger partial charge in [-0.15, -0.1) is 0 Å². The number of rotatable bonds is 6. The van der Waals surface area contributed by atoms with Gasteiger partial charge in [-0.2, -0.15) is 0 Å². The van der Waals surface area contributed by atoms with Crippen LogP contribution in [-0.2, 0) is 0 Å². The number of para-hydroxylation sites is 2. The highest BCUT2D eigenvalue weighted by Gasteiger charge is 2.12. The van der Waals surface area contributed by atoms with Gasteiger partial charge in [0.15, 0.2) is 0 Å². The monoisotopic (exact) mass is 388 g/mol. The first-order valence-corrected chi connectivity index (χ1v) is 9.49. The number of hydrogen-bond donors (Lipinski definition) is 2. The molecule has 0 radical (unpaired) electrons. The number of ether oxygens (including phenoxy) is 1. The molecule has 0 saturated heterocycles. The number of aryl methyl sites for hydroxylation is 2. The number of benzene rings is 3. The summed E-state index contributed by atoms with van der Waals surface area (Å²) in [6.07, 6.45) is 0. The molecule has 3 aromatic carbocycles. The number of amides is 2. The Morgan fingerprint density at radius 1 is 0.793 bits per heavy atom. The van der Waals surface area contributed by atoms with E-state index >= 15 is 0 Å². The largest absolute Gasteiger partial charge is 0.492 e. The van der Waals surface area contributed by atoms with E-state index in [2.05, 4.69) is 10.6 Å². The van der Waals surface area contributed by atoms with Gasteiger partial charge < -0.3 is 15.4 Å². The fourth-order valence-corrected chi connectivity index (χ4v) is 2.88. The molecule has 0 unspecified atom stereocenters. The Labute approximate surface area is 170 Å². The van der Waals surface area contributed by atoms with Gasteiger partial charge in [-0.25, -0.2) is 0 Å². The van der Waals surface area contributed by atoms with Crippen molar-refractivity contribution in [3.8, 4) is 5.75 Å². The summed E-state index contributed by atoms with van der Waals surface area (Å²) in [5, 5.41) is 5.77. The lowest BCUT2D eigenvalue weighted by Gasteiger charge is -2.12. The minimum absolute atomic E-state index is 0.215. The molecule has 2 N–H and O–H groups in total. The summed E-state index contributed by atoms with van der Waals surface area (Å²) in [5.74, 6) is 0.138. The summed E-state index contributed by atoms with van der Waals surface area (Å²) >= 11 is 0. The summed E-state index contributed by atoms with van der Waals surface area (Å²) < 4.78 is 5.53. The molecule has 5 nitrogen and oxygen atoms in total. The molecule has 0 aliphatic heterocycles. The van der Waals surface area contributed by atoms with Crippen LogP contribution in [0.1, 0.15) is 38.8 Å². The molecule has 0 spiro atoms. The zero-order valence-corrected chi connectivity index (χ0v) is 16.8. The Bertz CT molecular complexity index is 1030. The molecular weight excluding hydrogens is 364 g/mol. The average molecular weight is 388 g/mol. The summed E-state index contributed by atoms with van der Waals surface area (Å²) in [4.78, 5) is 25.1. The third kappa shape index (κ3) is 5.02. The van der Waals surface area contributed by atoms with Gasteiger partial charge in [0.2, 0.25) is 0 Å². The lowest BCUT2D eigenvalue weighted by Crippen LogP contribution is -2.15. The Kier molecular flexibility index (Phi) is 6.29. The van der Waals surface area contributed by atoms with E-state index in [1.54, 1.807) is 36.4 Å². The molecule has 0 aliphatic rings. The van der Waals surface area contributed by atoms with Crippen LogP contribution in [0, 0.1) is 13.8 Å². The van der Waals surface area contributed by atoms with Crippen molar-refractivity contribution in [2.45, 2.75) is 20.8 Å². The van der Waals surface area contributed by atoms with Gasteiger partial charge in [-0.05, 0) is 74.4 Å². The molecule has 29 heavy (non-hydrogen) atoms.